The quantitative estimate of drug-likeness (QED) is 0.661. The van der Waals surface area contributed by atoms with E-state index in [1.54, 1.807) is 14.2 Å². The third-order valence-corrected chi connectivity index (χ3v) is 4.50. The number of rotatable bonds is 6. The summed E-state index contributed by atoms with van der Waals surface area (Å²) in [5.74, 6) is 1.76. The third kappa shape index (κ3) is 4.18. The highest BCUT2D eigenvalue weighted by Crippen LogP contribution is 2.21. The van der Waals surface area contributed by atoms with Crippen molar-refractivity contribution in [2.24, 2.45) is 0 Å². The molecule has 0 unspecified atom stereocenters. The van der Waals surface area contributed by atoms with Crippen molar-refractivity contribution in [1.29, 1.82) is 0 Å². The first-order valence-electron chi connectivity index (χ1n) is 8.39. The molecule has 0 aliphatic rings. The third-order valence-electron chi connectivity index (χ3n) is 4.50. The highest BCUT2D eigenvalue weighted by Gasteiger charge is 2.08. The highest BCUT2D eigenvalue weighted by molar-refractivity contribution is 5.38. The molecule has 1 heterocycles. The minimum absolute atomic E-state index is 0.826. The Morgan fingerprint density at radius 3 is 1.76 bits per heavy atom. The van der Waals surface area contributed by atoms with Crippen LogP contribution < -0.4 is 9.47 Å². The van der Waals surface area contributed by atoms with Gasteiger partial charge < -0.3 is 9.47 Å². The van der Waals surface area contributed by atoms with E-state index in [0.717, 1.165) is 30.0 Å². The lowest BCUT2D eigenvalue weighted by Gasteiger charge is -2.11. The molecule has 1 aromatic heterocycles. The molecule has 25 heavy (non-hydrogen) atoms. The van der Waals surface area contributed by atoms with Gasteiger partial charge in [0.15, 0.2) is 0 Å². The van der Waals surface area contributed by atoms with Gasteiger partial charge in [0, 0.05) is 18.3 Å². The van der Waals surface area contributed by atoms with Gasteiger partial charge in [-0.1, -0.05) is 24.3 Å². The first-order valence-corrected chi connectivity index (χ1v) is 8.39. The Balaban J connectivity index is 1.78. The maximum Gasteiger partial charge on any atom is 0.118 e. The van der Waals surface area contributed by atoms with Crippen molar-refractivity contribution in [2.45, 2.75) is 19.8 Å². The van der Waals surface area contributed by atoms with Crippen LogP contribution in [0.4, 0.5) is 0 Å². The summed E-state index contributed by atoms with van der Waals surface area (Å²) in [6.07, 6.45) is 3.63. The Morgan fingerprint density at radius 1 is 0.720 bits per heavy atom. The van der Waals surface area contributed by atoms with Crippen LogP contribution in [0.15, 0.2) is 60.8 Å². The lowest BCUT2D eigenvalue weighted by molar-refractivity contribution is 0.414. The first kappa shape index (κ1) is 17.0. The van der Waals surface area contributed by atoms with Crippen LogP contribution in [0.2, 0.25) is 0 Å². The summed E-state index contributed by atoms with van der Waals surface area (Å²) < 4.78 is 10.4. The number of methoxy groups -OCH3 is 2. The van der Waals surface area contributed by atoms with Gasteiger partial charge in [-0.05, 0) is 65.9 Å². The van der Waals surface area contributed by atoms with Crippen molar-refractivity contribution in [2.75, 3.05) is 14.2 Å². The monoisotopic (exact) mass is 333 g/mol. The lowest BCUT2D eigenvalue weighted by atomic mass is 9.97. The number of pyridine rings is 1. The van der Waals surface area contributed by atoms with Crippen molar-refractivity contribution < 1.29 is 9.47 Å². The molecule has 0 saturated carbocycles. The molecular weight excluding hydrogens is 310 g/mol. The zero-order chi connectivity index (χ0) is 17.6. The van der Waals surface area contributed by atoms with E-state index < -0.39 is 0 Å². The molecule has 3 heteroatoms. The van der Waals surface area contributed by atoms with E-state index in [4.69, 9.17) is 9.47 Å². The second-order valence-corrected chi connectivity index (χ2v) is 6.09. The standard InChI is InChI=1S/C22H23NO2/c1-16-19(14-17-4-8-20(24-2)9-5-17)12-13-23-22(16)15-18-6-10-21(25-3)11-7-18/h4-13H,14-15H2,1-3H3. The predicted octanol–water partition coefficient (Wildman–Crippen LogP) is 4.59. The molecule has 0 N–H and O–H groups in total. The molecule has 0 fully saturated rings. The van der Waals surface area contributed by atoms with E-state index in [2.05, 4.69) is 42.2 Å². The maximum atomic E-state index is 5.23. The molecule has 3 nitrogen and oxygen atoms in total. The lowest BCUT2D eigenvalue weighted by Crippen LogP contribution is -2.01. The number of hydrogen-bond donors (Lipinski definition) is 0. The van der Waals surface area contributed by atoms with Gasteiger partial charge >= 0.3 is 0 Å². The molecular formula is C22H23NO2. The van der Waals surface area contributed by atoms with Gasteiger partial charge in [0.25, 0.3) is 0 Å². The average molecular weight is 333 g/mol. The molecule has 128 valence electrons. The SMILES string of the molecule is COc1ccc(Cc2ccnc(Cc3ccc(OC)cc3)c2C)cc1. The van der Waals surface area contributed by atoms with Crippen LogP contribution in [0.25, 0.3) is 0 Å². The molecule has 0 saturated heterocycles. The van der Waals surface area contributed by atoms with Crippen LogP contribution >= 0.6 is 0 Å². The summed E-state index contributed by atoms with van der Waals surface area (Å²) >= 11 is 0. The first-order chi connectivity index (χ1) is 12.2. The Hall–Kier alpha value is -2.81. The number of nitrogens with zero attached hydrogens (tertiary/aromatic N) is 1. The van der Waals surface area contributed by atoms with Crippen molar-refractivity contribution >= 4 is 0 Å². The van der Waals surface area contributed by atoms with E-state index in [1.807, 2.05) is 30.5 Å². The Morgan fingerprint density at radius 2 is 1.24 bits per heavy atom. The topological polar surface area (TPSA) is 31.4 Å². The van der Waals surface area contributed by atoms with E-state index in [9.17, 15) is 0 Å². The fraction of sp³-hybridized carbons (Fsp3) is 0.227. The van der Waals surface area contributed by atoms with Crippen molar-refractivity contribution in [3.63, 3.8) is 0 Å². The molecule has 0 amide bonds. The van der Waals surface area contributed by atoms with Crippen LogP contribution in [-0.4, -0.2) is 19.2 Å². The molecule has 0 spiro atoms. The van der Waals surface area contributed by atoms with Gasteiger partial charge in [-0.3, -0.25) is 4.98 Å². The van der Waals surface area contributed by atoms with Gasteiger partial charge in [0.2, 0.25) is 0 Å². The number of hydrogen-bond acceptors (Lipinski definition) is 3. The van der Waals surface area contributed by atoms with Crippen LogP contribution in [0.1, 0.15) is 27.9 Å². The summed E-state index contributed by atoms with van der Waals surface area (Å²) in [6.45, 7) is 2.16. The zero-order valence-electron chi connectivity index (χ0n) is 15.0. The Kier molecular flexibility index (Phi) is 5.34. The average Bonchev–Trinajstić information content (AvgIpc) is 2.66. The maximum absolute atomic E-state index is 5.23. The minimum Gasteiger partial charge on any atom is -0.497 e. The van der Waals surface area contributed by atoms with E-state index in [-0.39, 0.29) is 0 Å². The predicted molar refractivity (Wildman–Crippen MR) is 101 cm³/mol. The van der Waals surface area contributed by atoms with Gasteiger partial charge in [0.1, 0.15) is 11.5 Å². The second kappa shape index (κ2) is 7.84. The van der Waals surface area contributed by atoms with E-state index >= 15 is 0 Å². The zero-order valence-corrected chi connectivity index (χ0v) is 15.0. The molecule has 0 bridgehead atoms. The minimum atomic E-state index is 0.826. The summed E-state index contributed by atoms with van der Waals surface area (Å²) in [5, 5.41) is 0. The fourth-order valence-corrected chi connectivity index (χ4v) is 2.89. The van der Waals surface area contributed by atoms with Crippen molar-refractivity contribution in [3.05, 3.63) is 88.7 Å². The molecule has 0 radical (unpaired) electrons. The van der Waals surface area contributed by atoms with E-state index in [1.165, 1.54) is 22.3 Å². The molecule has 0 aliphatic heterocycles. The smallest absolute Gasteiger partial charge is 0.118 e. The van der Waals surface area contributed by atoms with Crippen LogP contribution in [0, 0.1) is 6.92 Å². The molecule has 3 aromatic rings. The number of ether oxygens (including phenoxy) is 2. The summed E-state index contributed by atoms with van der Waals surface area (Å²) in [6, 6.07) is 18.5. The van der Waals surface area contributed by atoms with Crippen LogP contribution in [0.3, 0.4) is 0 Å². The van der Waals surface area contributed by atoms with Crippen molar-refractivity contribution in [3.8, 4) is 11.5 Å². The molecule has 3 rings (SSSR count). The van der Waals surface area contributed by atoms with Crippen molar-refractivity contribution in [1.82, 2.24) is 4.98 Å². The highest BCUT2D eigenvalue weighted by atomic mass is 16.5. The molecule has 0 aliphatic carbocycles. The molecule has 0 atom stereocenters. The van der Waals surface area contributed by atoms with E-state index in [0.29, 0.717) is 0 Å². The van der Waals surface area contributed by atoms with Gasteiger partial charge in [-0.15, -0.1) is 0 Å². The van der Waals surface area contributed by atoms with Crippen LogP contribution in [-0.2, 0) is 12.8 Å². The largest absolute Gasteiger partial charge is 0.497 e. The molecule has 2 aromatic carbocycles. The second-order valence-electron chi connectivity index (χ2n) is 6.09. The normalized spacial score (nSPS) is 10.5. The van der Waals surface area contributed by atoms with Gasteiger partial charge in [0.05, 0.1) is 14.2 Å². The van der Waals surface area contributed by atoms with Crippen LogP contribution in [0.5, 0.6) is 11.5 Å². The number of benzene rings is 2. The fourth-order valence-electron chi connectivity index (χ4n) is 2.89. The Bertz CT molecular complexity index is 756. The van der Waals surface area contributed by atoms with Gasteiger partial charge in [-0.2, -0.15) is 0 Å². The Labute approximate surface area is 149 Å². The summed E-state index contributed by atoms with van der Waals surface area (Å²) in [7, 11) is 3.37. The summed E-state index contributed by atoms with van der Waals surface area (Å²) in [5.41, 5.74) is 6.19. The number of aromatic nitrogens is 1. The van der Waals surface area contributed by atoms with Gasteiger partial charge in [-0.25, -0.2) is 0 Å². The summed E-state index contributed by atoms with van der Waals surface area (Å²) in [4.78, 5) is 4.59.